The minimum absolute atomic E-state index is 0. The van der Waals surface area contributed by atoms with Crippen molar-refractivity contribution in [3.05, 3.63) is 211 Å². The third-order valence-electron chi connectivity index (χ3n) is 14.6. The summed E-state index contributed by atoms with van der Waals surface area (Å²) in [6, 6.07) is 60.6. The van der Waals surface area contributed by atoms with E-state index in [0.29, 0.717) is 45.0 Å². The Kier molecular flexibility index (Phi) is 9.65. The van der Waals surface area contributed by atoms with Crippen LogP contribution in [-0.2, 0) is 37.3 Å². The Morgan fingerprint density at radius 3 is 1.81 bits per heavy atom. The van der Waals surface area contributed by atoms with E-state index in [1.807, 2.05) is 130 Å². The predicted octanol–water partition coefficient (Wildman–Crippen LogP) is 18.9. The van der Waals surface area contributed by atoms with Gasteiger partial charge in [0.25, 0.3) is 0 Å². The fourth-order valence-electron chi connectivity index (χ4n) is 10.8. The minimum Gasteiger partial charge on any atom is -0.509 e. The summed E-state index contributed by atoms with van der Waals surface area (Å²) in [4.78, 5) is 6.91. The molecule has 0 fully saturated rings. The van der Waals surface area contributed by atoms with E-state index in [2.05, 4.69) is 103 Å². The molecule has 75 heavy (non-hydrogen) atoms. The van der Waals surface area contributed by atoms with E-state index in [9.17, 15) is 1.37 Å². The van der Waals surface area contributed by atoms with Crippen molar-refractivity contribution in [2.45, 2.75) is 98.1 Å². The summed E-state index contributed by atoms with van der Waals surface area (Å²) >= 11 is 0. The Morgan fingerprint density at radius 2 is 1.15 bits per heavy atom. The van der Waals surface area contributed by atoms with Crippen LogP contribution in [0.15, 0.2) is 170 Å². The molecule has 12 rings (SSSR count). The van der Waals surface area contributed by atoms with E-state index in [-0.39, 0.29) is 32.0 Å². The number of fused-ring (bicyclic) bond motifs is 10. The molecule has 0 radical (unpaired) electrons. The van der Waals surface area contributed by atoms with Crippen LogP contribution >= 0.6 is 0 Å². The molecule has 8 aromatic carbocycles. The molecule has 4 heterocycles. The fourth-order valence-corrected chi connectivity index (χ4v) is 10.8. The number of nitrogens with zero attached hydrogens (tertiary/aromatic N) is 4. The SMILES string of the molecule is [2H]C(C)(C)c1ccc2c3ccccc3c3ccccc3c3cccc4c3n(c2c1-c1cc(C(C)(C)C)cc(C(C([2H])([2H])[2H])(C([2H])([2H])[2H])C([2H])([2H])[2H])c1)[CH-]N4c1[c-]c(Oc2[c-]c3c(cc2)c2ccccc2n3-c2cc(C(C)(C)C)ccn2)ccc1.[Pt]. The molecule has 0 saturated carbocycles. The molecule has 1 aliphatic heterocycles. The molecule has 11 aromatic rings. The maximum Gasteiger partial charge on any atom is 0.135 e. The van der Waals surface area contributed by atoms with E-state index in [0.717, 1.165) is 76.7 Å². The quantitative estimate of drug-likeness (QED) is 0.156. The van der Waals surface area contributed by atoms with Crippen molar-refractivity contribution in [1.82, 2.24) is 14.1 Å². The molecule has 0 spiro atoms. The number of hydrogen-bond acceptors (Lipinski definition) is 3. The van der Waals surface area contributed by atoms with E-state index in [1.54, 1.807) is 13.8 Å². The molecule has 0 unspecified atom stereocenters. The van der Waals surface area contributed by atoms with Gasteiger partial charge in [0, 0.05) is 63.7 Å². The summed E-state index contributed by atoms with van der Waals surface area (Å²) in [5.41, 5.74) is 3.13. The van der Waals surface area contributed by atoms with Crippen molar-refractivity contribution in [3.63, 3.8) is 0 Å². The summed E-state index contributed by atoms with van der Waals surface area (Å²) < 4.78 is 101. The van der Waals surface area contributed by atoms with Gasteiger partial charge in [0.05, 0.1) is 0 Å². The van der Waals surface area contributed by atoms with Crippen LogP contribution in [0.2, 0.25) is 0 Å². The Bertz CT molecular complexity index is 4520. The number of para-hydroxylation sites is 2. The van der Waals surface area contributed by atoms with E-state index < -0.39 is 37.3 Å². The second kappa shape index (κ2) is 18.5. The molecule has 0 N–H and O–H groups in total. The molecule has 5 nitrogen and oxygen atoms in total. The molecule has 1 aliphatic rings. The number of benzene rings is 8. The van der Waals surface area contributed by atoms with Crippen molar-refractivity contribution in [2.24, 2.45) is 0 Å². The summed E-state index contributed by atoms with van der Waals surface area (Å²) in [6.45, 7) is 7.27. The van der Waals surface area contributed by atoms with Crippen LogP contribution in [0.3, 0.4) is 0 Å². The van der Waals surface area contributed by atoms with Gasteiger partial charge >= 0.3 is 0 Å². The van der Waals surface area contributed by atoms with Gasteiger partial charge in [-0.3, -0.25) is 0 Å². The average molecular weight is 1170 g/mol. The number of hydrogen-bond donors (Lipinski definition) is 0. The van der Waals surface area contributed by atoms with Gasteiger partial charge in [-0.2, -0.15) is 12.1 Å². The van der Waals surface area contributed by atoms with Crippen LogP contribution in [0.25, 0.3) is 82.1 Å². The van der Waals surface area contributed by atoms with Gasteiger partial charge in [0.2, 0.25) is 0 Å². The van der Waals surface area contributed by atoms with Crippen molar-refractivity contribution in [1.29, 1.82) is 0 Å². The number of ether oxygens (including phenoxy) is 1. The standard InChI is InChI=1S/C69H63N4O.Pt/c1-43(2)51-32-33-59-55-25-15-13-23-53(55)52-22-12-14-24-54(52)58-27-19-29-61-65(58)72(66(59)64(51)44-36-46(68(6,7)8)38-47(37-44)69(9,10)11)42-71(61)48-20-18-21-49(40-48)74-50-30-31-57-56-26-16-17-28-60(56)73(62(57)41-50)63-39-45(34-35-70-63)67(3,4)5;/h12-39,42-43H,1-11H3;/q-3;/i6D3,7D3,8D3,43D;. The first-order chi connectivity index (χ1) is 39.5. The molecule has 0 saturated heterocycles. The normalized spacial score (nSPS) is 15.4. The summed E-state index contributed by atoms with van der Waals surface area (Å²) in [5, 5.41) is 7.42. The second-order valence-electron chi connectivity index (χ2n) is 21.9. The average Bonchev–Trinajstić information content (AvgIpc) is 1.39. The number of pyridine rings is 1. The van der Waals surface area contributed by atoms with Crippen molar-refractivity contribution < 1.29 is 39.5 Å². The number of rotatable bonds is 6. The van der Waals surface area contributed by atoms with E-state index >= 15 is 0 Å². The third kappa shape index (κ3) is 8.64. The first-order valence-corrected chi connectivity index (χ1v) is 25.2. The molecule has 3 aromatic heterocycles. The van der Waals surface area contributed by atoms with Gasteiger partial charge in [0.15, 0.2) is 0 Å². The van der Waals surface area contributed by atoms with Crippen molar-refractivity contribution >= 4 is 76.5 Å². The minimum atomic E-state index is -3.53. The van der Waals surface area contributed by atoms with Gasteiger partial charge in [-0.1, -0.05) is 196 Å². The van der Waals surface area contributed by atoms with Gasteiger partial charge in [-0.25, -0.2) is 4.98 Å². The van der Waals surface area contributed by atoms with Crippen LogP contribution in [0.1, 0.15) is 118 Å². The first kappa shape index (κ1) is 39.1. The number of anilines is 2. The monoisotopic (exact) mass is 1170 g/mol. The Morgan fingerprint density at radius 1 is 0.560 bits per heavy atom. The Labute approximate surface area is 470 Å². The van der Waals surface area contributed by atoms with Crippen molar-refractivity contribution in [2.75, 3.05) is 4.90 Å². The van der Waals surface area contributed by atoms with Crippen LogP contribution in [0, 0.1) is 18.8 Å². The van der Waals surface area contributed by atoms with Crippen LogP contribution < -0.4 is 9.64 Å². The second-order valence-corrected chi connectivity index (χ2v) is 21.9. The van der Waals surface area contributed by atoms with Crippen LogP contribution in [0.4, 0.5) is 11.4 Å². The maximum absolute atomic E-state index is 9.92. The summed E-state index contributed by atoms with van der Waals surface area (Å²) in [6.07, 6.45) is 1.85. The van der Waals surface area contributed by atoms with Gasteiger partial charge in [-0.15, -0.1) is 35.7 Å². The molecule has 378 valence electrons. The topological polar surface area (TPSA) is 35.2 Å². The molecule has 0 aliphatic carbocycles. The van der Waals surface area contributed by atoms with Crippen LogP contribution in [-0.4, -0.2) is 14.1 Å². The molecule has 0 atom stereocenters. The van der Waals surface area contributed by atoms with Gasteiger partial charge in [-0.05, 0) is 135 Å². The van der Waals surface area contributed by atoms with Crippen LogP contribution in [0.5, 0.6) is 11.5 Å². The molecular formula is C69H63N4OPt-3. The van der Waals surface area contributed by atoms with Gasteiger partial charge < -0.3 is 18.8 Å². The fraction of sp³-hybridized carbons (Fsp3) is 0.217. The van der Waals surface area contributed by atoms with E-state index in [4.69, 9.17) is 22.1 Å². The Balaban J connectivity index is 0.00000752. The predicted molar refractivity (Wildman–Crippen MR) is 312 cm³/mol. The smallest absolute Gasteiger partial charge is 0.135 e. The zero-order chi connectivity index (χ0) is 59.8. The zero-order valence-electron chi connectivity index (χ0n) is 53.3. The molecular weight excluding hydrogens is 1100 g/mol. The zero-order valence-corrected chi connectivity index (χ0v) is 45.5. The van der Waals surface area contributed by atoms with E-state index in [1.165, 1.54) is 12.1 Å². The molecule has 0 amide bonds. The number of aromatic nitrogens is 3. The summed E-state index contributed by atoms with van der Waals surface area (Å²) in [5.74, 6) is 0.338. The maximum atomic E-state index is 9.92. The largest absolute Gasteiger partial charge is 0.509 e. The van der Waals surface area contributed by atoms with Crippen molar-refractivity contribution in [3.8, 4) is 28.4 Å². The Hall–Kier alpha value is -7.33. The van der Waals surface area contributed by atoms with Gasteiger partial charge in [0.1, 0.15) is 5.82 Å². The molecule has 6 heteroatoms. The molecule has 0 bridgehead atoms. The summed E-state index contributed by atoms with van der Waals surface area (Å²) in [7, 11) is 0. The third-order valence-corrected chi connectivity index (χ3v) is 14.6. The first-order valence-electron chi connectivity index (χ1n) is 30.2.